The number of nitrogens with zero attached hydrogens (tertiary/aromatic N) is 2. The molecule has 0 radical (unpaired) electrons. The van der Waals surface area contributed by atoms with E-state index in [9.17, 15) is 9.59 Å². The number of hydrogen-bond acceptors (Lipinski definition) is 6. The van der Waals surface area contributed by atoms with Crippen molar-refractivity contribution in [3.8, 4) is 0 Å². The topological polar surface area (TPSA) is 94.0 Å². The summed E-state index contributed by atoms with van der Waals surface area (Å²) in [6.07, 6.45) is 2.49. The third-order valence-electron chi connectivity index (χ3n) is 3.23. The first-order valence-electron chi connectivity index (χ1n) is 7.44. The van der Waals surface area contributed by atoms with E-state index in [1.807, 2.05) is 31.2 Å². The lowest BCUT2D eigenvalue weighted by molar-refractivity contribution is -0.129. The maximum Gasteiger partial charge on any atom is 0.252 e. The number of hydrogen-bond donors (Lipinski definition) is 4. The van der Waals surface area contributed by atoms with Gasteiger partial charge in [0, 0.05) is 17.3 Å². The summed E-state index contributed by atoms with van der Waals surface area (Å²) in [5.74, 6) is -0.631. The first kappa shape index (κ1) is 20.5. The maximum absolute atomic E-state index is 11.9. The predicted molar refractivity (Wildman–Crippen MR) is 98.3 cm³/mol. The quantitative estimate of drug-likeness (QED) is 0.163. The number of benzene rings is 1. The van der Waals surface area contributed by atoms with Crippen LogP contribution in [0.5, 0.6) is 0 Å². The molecule has 0 spiro atoms. The molecule has 1 aromatic rings. The Morgan fingerprint density at radius 2 is 1.83 bits per heavy atom. The molecule has 3 N–H and O–H groups in total. The average molecular weight is 417 g/mol. The van der Waals surface area contributed by atoms with Gasteiger partial charge in [-0.25, -0.2) is 11.0 Å². The average Bonchev–Trinajstić information content (AvgIpc) is 2.59. The highest BCUT2D eigenvalue weighted by atomic mass is 79.9. The molecule has 2 amide bonds. The standard InChI is InChI=1S/C15H21BrN4O3S/c1-11(12-7-9-13(16)10-8-12)17-19-20(24)15(22)6-4-2-3-5-14(21)18-23/h7-10,19,23-24H,2-6H2,1H3,(H,18,21)/b17-11+. The van der Waals surface area contributed by atoms with E-state index < -0.39 is 5.91 Å². The van der Waals surface area contributed by atoms with Crippen LogP contribution in [-0.4, -0.2) is 27.1 Å². The SMILES string of the molecule is C/C(=N\NN(S)C(=O)CCCCCC(=O)NO)c1ccc(Br)cc1. The second-order valence-corrected chi connectivity index (χ2v) is 6.42. The van der Waals surface area contributed by atoms with Crippen LogP contribution in [0.1, 0.15) is 44.6 Å². The zero-order chi connectivity index (χ0) is 17.9. The smallest absolute Gasteiger partial charge is 0.252 e. The summed E-state index contributed by atoms with van der Waals surface area (Å²) in [7, 11) is 0. The normalized spacial score (nSPS) is 11.1. The van der Waals surface area contributed by atoms with Gasteiger partial charge in [-0.1, -0.05) is 34.5 Å². The highest BCUT2D eigenvalue weighted by molar-refractivity contribution is 9.10. The minimum atomic E-state index is -0.420. The number of rotatable bonds is 9. The zero-order valence-electron chi connectivity index (χ0n) is 13.3. The number of halogens is 1. The molecule has 24 heavy (non-hydrogen) atoms. The van der Waals surface area contributed by atoms with Gasteiger partial charge in [0.05, 0.1) is 5.71 Å². The van der Waals surface area contributed by atoms with Crippen molar-refractivity contribution in [2.24, 2.45) is 5.10 Å². The molecule has 0 unspecified atom stereocenters. The lowest BCUT2D eigenvalue weighted by atomic mass is 10.1. The van der Waals surface area contributed by atoms with Crippen LogP contribution in [-0.2, 0) is 9.59 Å². The van der Waals surface area contributed by atoms with Crippen molar-refractivity contribution in [3.63, 3.8) is 0 Å². The van der Waals surface area contributed by atoms with Crippen molar-refractivity contribution in [2.45, 2.75) is 39.0 Å². The monoisotopic (exact) mass is 416 g/mol. The van der Waals surface area contributed by atoms with E-state index in [0.717, 1.165) is 20.2 Å². The Morgan fingerprint density at radius 1 is 1.21 bits per heavy atom. The van der Waals surface area contributed by atoms with E-state index >= 15 is 0 Å². The number of thiol groups is 1. The van der Waals surface area contributed by atoms with Crippen molar-refractivity contribution in [1.29, 1.82) is 0 Å². The molecule has 0 heterocycles. The third kappa shape index (κ3) is 7.80. The molecule has 0 bridgehead atoms. The van der Waals surface area contributed by atoms with Crippen molar-refractivity contribution in [3.05, 3.63) is 34.3 Å². The number of unbranched alkanes of at least 4 members (excludes halogenated alkanes) is 2. The molecule has 1 rings (SSSR count). The Hall–Kier alpha value is -1.58. The van der Waals surface area contributed by atoms with Crippen LogP contribution in [0.2, 0.25) is 0 Å². The van der Waals surface area contributed by atoms with Gasteiger partial charge in [0.25, 0.3) is 5.91 Å². The van der Waals surface area contributed by atoms with Gasteiger partial charge in [0.1, 0.15) is 0 Å². The maximum atomic E-state index is 11.9. The van der Waals surface area contributed by atoms with E-state index in [2.05, 4.69) is 39.4 Å². The van der Waals surface area contributed by atoms with Crippen molar-refractivity contribution in [1.82, 2.24) is 15.4 Å². The van der Waals surface area contributed by atoms with Gasteiger partial charge in [0.2, 0.25) is 5.91 Å². The van der Waals surface area contributed by atoms with Gasteiger partial charge in [-0.15, -0.1) is 0 Å². The molecule has 0 aliphatic carbocycles. The molecule has 0 aromatic heterocycles. The van der Waals surface area contributed by atoms with E-state index in [1.165, 1.54) is 0 Å². The highest BCUT2D eigenvalue weighted by Crippen LogP contribution is 2.11. The van der Waals surface area contributed by atoms with Gasteiger partial charge < -0.3 is 0 Å². The highest BCUT2D eigenvalue weighted by Gasteiger charge is 2.09. The Kier molecular flexibility index (Phi) is 9.43. The molecule has 0 aliphatic rings. The zero-order valence-corrected chi connectivity index (χ0v) is 15.8. The van der Waals surface area contributed by atoms with Gasteiger partial charge in [-0.05, 0) is 50.3 Å². The Labute approximate surface area is 155 Å². The predicted octanol–water partition coefficient (Wildman–Crippen LogP) is 2.81. The largest absolute Gasteiger partial charge is 0.289 e. The van der Waals surface area contributed by atoms with Gasteiger partial charge >= 0.3 is 0 Å². The number of amides is 2. The van der Waals surface area contributed by atoms with Crippen molar-refractivity contribution in [2.75, 3.05) is 0 Å². The fourth-order valence-electron chi connectivity index (χ4n) is 1.83. The molecule has 0 atom stereocenters. The number of hydrazine groups is 1. The molecule has 132 valence electrons. The molecule has 7 nitrogen and oxygen atoms in total. The second-order valence-electron chi connectivity index (χ2n) is 5.11. The number of hydroxylamine groups is 1. The van der Waals surface area contributed by atoms with Crippen LogP contribution >= 0.6 is 28.7 Å². The lowest BCUT2D eigenvalue weighted by Crippen LogP contribution is -2.32. The van der Waals surface area contributed by atoms with E-state index in [-0.39, 0.29) is 12.3 Å². The third-order valence-corrected chi connectivity index (χ3v) is 4.07. The Morgan fingerprint density at radius 3 is 2.46 bits per heavy atom. The van der Waals surface area contributed by atoms with Crippen LogP contribution < -0.4 is 11.0 Å². The van der Waals surface area contributed by atoms with E-state index in [4.69, 9.17) is 5.21 Å². The first-order valence-corrected chi connectivity index (χ1v) is 8.64. The van der Waals surface area contributed by atoms with Crippen LogP contribution in [0.25, 0.3) is 0 Å². The first-order chi connectivity index (χ1) is 11.4. The molecule has 0 fully saturated rings. The molecule has 9 heteroatoms. The van der Waals surface area contributed by atoms with Gasteiger partial charge in [0.15, 0.2) is 0 Å². The summed E-state index contributed by atoms with van der Waals surface area (Å²) in [5.41, 5.74) is 5.82. The minimum absolute atomic E-state index is 0.211. The van der Waals surface area contributed by atoms with Crippen LogP contribution in [0, 0.1) is 0 Å². The number of nitrogens with one attached hydrogen (secondary N) is 2. The lowest BCUT2D eigenvalue weighted by Gasteiger charge is -2.14. The van der Waals surface area contributed by atoms with Crippen molar-refractivity contribution >= 4 is 46.3 Å². The van der Waals surface area contributed by atoms with E-state index in [0.29, 0.717) is 25.7 Å². The summed E-state index contributed by atoms with van der Waals surface area (Å²) in [4.78, 5) is 22.7. The Balaban J connectivity index is 2.32. The van der Waals surface area contributed by atoms with Crippen LogP contribution in [0.4, 0.5) is 0 Å². The van der Waals surface area contributed by atoms with Crippen molar-refractivity contribution < 1.29 is 14.8 Å². The summed E-state index contributed by atoms with van der Waals surface area (Å²) in [5, 5.41) is 12.5. The van der Waals surface area contributed by atoms with Gasteiger partial charge in [-0.2, -0.15) is 9.52 Å². The van der Waals surface area contributed by atoms with Crippen LogP contribution in [0.15, 0.2) is 33.8 Å². The Bertz CT molecular complexity index is 581. The summed E-state index contributed by atoms with van der Waals surface area (Å²) in [6.45, 7) is 1.83. The molecular weight excluding hydrogens is 396 g/mol. The number of hydrazone groups is 1. The minimum Gasteiger partial charge on any atom is -0.289 e. The molecular formula is C15H21BrN4O3S. The fraction of sp³-hybridized carbons (Fsp3) is 0.400. The summed E-state index contributed by atoms with van der Waals surface area (Å²) < 4.78 is 2.03. The molecule has 1 aromatic carbocycles. The fourth-order valence-corrected chi connectivity index (χ4v) is 2.24. The summed E-state index contributed by atoms with van der Waals surface area (Å²) in [6, 6.07) is 7.65. The molecule has 0 aliphatic heterocycles. The number of carbonyl (C=O) groups is 2. The van der Waals surface area contributed by atoms with Gasteiger partial charge in [-0.3, -0.25) is 14.8 Å². The van der Waals surface area contributed by atoms with E-state index in [1.54, 1.807) is 5.48 Å². The van der Waals surface area contributed by atoms with Crippen LogP contribution in [0.3, 0.4) is 0 Å². The molecule has 0 saturated carbocycles. The summed E-state index contributed by atoms with van der Waals surface area (Å²) >= 11 is 7.43. The second kappa shape index (κ2) is 11.1. The number of carbonyl (C=O) groups excluding carboxylic acids is 2. The molecule has 0 saturated heterocycles.